The van der Waals surface area contributed by atoms with Crippen molar-refractivity contribution in [1.29, 1.82) is 0 Å². The van der Waals surface area contributed by atoms with Crippen LogP contribution in [0.4, 0.5) is 0 Å². The zero-order valence-electron chi connectivity index (χ0n) is 3.60. The van der Waals surface area contributed by atoms with Gasteiger partial charge in [-0.15, -0.1) is 0 Å². The summed E-state index contributed by atoms with van der Waals surface area (Å²) in [5, 5.41) is 2.20. The summed E-state index contributed by atoms with van der Waals surface area (Å²) in [4.78, 5) is 0. The molecule has 0 saturated carbocycles. The first-order valence-electron chi connectivity index (χ1n) is 1.83. The highest BCUT2D eigenvalue weighted by Crippen LogP contribution is 2.32. The van der Waals surface area contributed by atoms with Crippen LogP contribution in [0.15, 0.2) is 11.0 Å². The van der Waals surface area contributed by atoms with Crippen molar-refractivity contribution >= 4 is 21.6 Å². The van der Waals surface area contributed by atoms with E-state index in [9.17, 15) is 0 Å². The molecule has 2 heteroatoms. The summed E-state index contributed by atoms with van der Waals surface area (Å²) in [5.41, 5.74) is 1.50. The molecule has 1 rings (SSSR count). The normalized spacial score (nSPS) is 21.2. The average molecular weight is 118 g/mol. The molecule has 0 bridgehead atoms. The lowest BCUT2D eigenvalue weighted by molar-refractivity contribution is 1.45. The minimum Gasteiger partial charge on any atom is -0.0851 e. The third kappa shape index (κ3) is 0.949. The monoisotopic (exact) mass is 118 g/mol. The predicted octanol–water partition coefficient (Wildman–Crippen LogP) is 2.29. The van der Waals surface area contributed by atoms with Gasteiger partial charge in [0.25, 0.3) is 0 Å². The Morgan fingerprint density at radius 3 is 2.83 bits per heavy atom. The third-order valence-electron chi connectivity index (χ3n) is 0.604. The van der Waals surface area contributed by atoms with Gasteiger partial charge in [0.05, 0.1) is 0 Å². The molecule has 0 radical (unpaired) electrons. The van der Waals surface area contributed by atoms with Crippen molar-refractivity contribution in [2.24, 2.45) is 0 Å². The van der Waals surface area contributed by atoms with E-state index < -0.39 is 0 Å². The quantitative estimate of drug-likeness (QED) is 0.447. The van der Waals surface area contributed by atoms with Crippen molar-refractivity contribution in [1.82, 2.24) is 0 Å². The maximum atomic E-state index is 2.20. The highest BCUT2D eigenvalue weighted by atomic mass is 33.1. The second kappa shape index (κ2) is 1.94. The van der Waals surface area contributed by atoms with Gasteiger partial charge >= 0.3 is 0 Å². The second-order valence-corrected chi connectivity index (χ2v) is 3.56. The van der Waals surface area contributed by atoms with Gasteiger partial charge in [0, 0.05) is 5.75 Å². The molecule has 0 saturated heterocycles. The van der Waals surface area contributed by atoms with Crippen LogP contribution in [-0.2, 0) is 0 Å². The standard InChI is InChI=1S/C4H6S2/c1-4-2-5-6-3-4/h2H,3H2,1H3. The van der Waals surface area contributed by atoms with E-state index in [0.29, 0.717) is 0 Å². The smallest absolute Gasteiger partial charge is 0.0256 e. The highest BCUT2D eigenvalue weighted by Gasteiger charge is 1.96. The Bertz CT molecular complexity index is 75.6. The molecular weight excluding hydrogens is 112 g/mol. The summed E-state index contributed by atoms with van der Waals surface area (Å²) in [6.07, 6.45) is 0. The topological polar surface area (TPSA) is 0 Å². The fraction of sp³-hybridized carbons (Fsp3) is 0.500. The summed E-state index contributed by atoms with van der Waals surface area (Å²) in [7, 11) is 3.74. The van der Waals surface area contributed by atoms with E-state index in [0.717, 1.165) is 0 Å². The van der Waals surface area contributed by atoms with Gasteiger partial charge in [-0.2, -0.15) is 0 Å². The maximum Gasteiger partial charge on any atom is 0.0256 e. The largest absolute Gasteiger partial charge is 0.0851 e. The summed E-state index contributed by atoms with van der Waals surface area (Å²) < 4.78 is 0. The Morgan fingerprint density at radius 1 is 1.83 bits per heavy atom. The molecule has 1 heterocycles. The molecule has 0 spiro atoms. The first-order valence-corrected chi connectivity index (χ1v) is 4.22. The SMILES string of the molecule is CC1=CSSC1. The van der Waals surface area contributed by atoms with Crippen LogP contribution in [0.1, 0.15) is 6.92 Å². The van der Waals surface area contributed by atoms with Gasteiger partial charge in [-0.05, 0) is 12.3 Å². The van der Waals surface area contributed by atoms with Gasteiger partial charge in [0.2, 0.25) is 0 Å². The number of hydrogen-bond acceptors (Lipinski definition) is 2. The minimum absolute atomic E-state index is 1.23. The van der Waals surface area contributed by atoms with E-state index in [-0.39, 0.29) is 0 Å². The Balaban J connectivity index is 2.45. The lowest BCUT2D eigenvalue weighted by Crippen LogP contribution is -1.66. The maximum absolute atomic E-state index is 2.20. The molecule has 34 valence electrons. The van der Waals surface area contributed by atoms with Crippen LogP contribution in [-0.4, -0.2) is 5.75 Å². The summed E-state index contributed by atoms with van der Waals surface area (Å²) >= 11 is 0. The second-order valence-electron chi connectivity index (χ2n) is 1.32. The molecule has 0 unspecified atom stereocenters. The van der Waals surface area contributed by atoms with E-state index in [1.807, 2.05) is 21.6 Å². The average Bonchev–Trinajstić information content (AvgIpc) is 1.86. The van der Waals surface area contributed by atoms with Gasteiger partial charge in [0.15, 0.2) is 0 Å². The van der Waals surface area contributed by atoms with Crippen molar-refractivity contribution in [2.45, 2.75) is 6.92 Å². The minimum atomic E-state index is 1.23. The fourth-order valence-corrected chi connectivity index (χ4v) is 2.49. The molecule has 0 aromatic heterocycles. The predicted molar refractivity (Wildman–Crippen MR) is 33.8 cm³/mol. The third-order valence-corrected chi connectivity index (χ3v) is 2.86. The van der Waals surface area contributed by atoms with Crippen molar-refractivity contribution in [2.75, 3.05) is 5.75 Å². The summed E-state index contributed by atoms with van der Waals surface area (Å²) in [6.45, 7) is 2.16. The lowest BCUT2D eigenvalue weighted by atomic mass is 10.4. The zero-order valence-corrected chi connectivity index (χ0v) is 5.23. The molecule has 0 nitrogen and oxygen atoms in total. The molecule has 1 aliphatic heterocycles. The van der Waals surface area contributed by atoms with E-state index >= 15 is 0 Å². The van der Waals surface area contributed by atoms with Crippen LogP contribution >= 0.6 is 21.6 Å². The van der Waals surface area contributed by atoms with E-state index in [4.69, 9.17) is 0 Å². The fourth-order valence-electron chi connectivity index (χ4n) is 0.277. The van der Waals surface area contributed by atoms with Gasteiger partial charge in [-0.3, -0.25) is 0 Å². The number of hydrogen-bond donors (Lipinski definition) is 0. The van der Waals surface area contributed by atoms with Crippen LogP contribution in [0.3, 0.4) is 0 Å². The Kier molecular flexibility index (Phi) is 1.48. The van der Waals surface area contributed by atoms with Crippen molar-refractivity contribution in [3.8, 4) is 0 Å². The summed E-state index contributed by atoms with van der Waals surface area (Å²) in [5.74, 6) is 1.23. The molecule has 0 atom stereocenters. The van der Waals surface area contributed by atoms with Crippen LogP contribution in [0.5, 0.6) is 0 Å². The van der Waals surface area contributed by atoms with Gasteiger partial charge in [0.1, 0.15) is 0 Å². The molecule has 0 aromatic carbocycles. The van der Waals surface area contributed by atoms with Gasteiger partial charge in [-0.1, -0.05) is 27.2 Å². The van der Waals surface area contributed by atoms with Crippen molar-refractivity contribution in [3.63, 3.8) is 0 Å². The molecule has 0 fully saturated rings. The van der Waals surface area contributed by atoms with E-state index in [1.54, 1.807) is 0 Å². The molecule has 0 amide bonds. The van der Waals surface area contributed by atoms with E-state index in [2.05, 4.69) is 12.3 Å². The summed E-state index contributed by atoms with van der Waals surface area (Å²) in [6, 6.07) is 0. The van der Waals surface area contributed by atoms with Crippen molar-refractivity contribution < 1.29 is 0 Å². The molecule has 0 N–H and O–H groups in total. The first-order chi connectivity index (χ1) is 2.89. The number of rotatable bonds is 0. The molecular formula is C4H6S2. The Labute approximate surface area is 45.8 Å². The molecule has 6 heavy (non-hydrogen) atoms. The van der Waals surface area contributed by atoms with Crippen molar-refractivity contribution in [3.05, 3.63) is 11.0 Å². The van der Waals surface area contributed by atoms with Crippen LogP contribution in [0, 0.1) is 0 Å². The first kappa shape index (κ1) is 4.60. The van der Waals surface area contributed by atoms with Crippen LogP contribution in [0.25, 0.3) is 0 Å². The van der Waals surface area contributed by atoms with Gasteiger partial charge in [-0.25, -0.2) is 0 Å². The van der Waals surface area contributed by atoms with Crippen LogP contribution in [0.2, 0.25) is 0 Å². The van der Waals surface area contributed by atoms with Gasteiger partial charge < -0.3 is 0 Å². The van der Waals surface area contributed by atoms with E-state index in [1.165, 1.54) is 11.3 Å². The lowest BCUT2D eigenvalue weighted by Gasteiger charge is -1.77. The molecule has 0 aliphatic carbocycles. The highest BCUT2D eigenvalue weighted by molar-refractivity contribution is 8.78. The Hall–Kier alpha value is 0.440. The zero-order chi connectivity index (χ0) is 4.41. The molecule has 0 aromatic rings. The Morgan fingerprint density at radius 2 is 2.67 bits per heavy atom. The molecule has 1 aliphatic rings. The van der Waals surface area contributed by atoms with Crippen LogP contribution < -0.4 is 0 Å².